The lowest BCUT2D eigenvalue weighted by Gasteiger charge is -2.23. The normalized spacial score (nSPS) is 15.1. The van der Waals surface area contributed by atoms with E-state index in [0.717, 1.165) is 12.1 Å². The molecule has 1 aliphatic carbocycles. The average Bonchev–Trinajstić information content (AvgIpc) is 3.81. The minimum atomic E-state index is -5.15. The molecule has 2 N–H and O–H groups in total. The van der Waals surface area contributed by atoms with Gasteiger partial charge in [-0.3, -0.25) is 23.1 Å². The zero-order chi connectivity index (χ0) is 47.0. The molecular formula is C40H38ClF10N7O3S2. The Morgan fingerprint density at radius 3 is 2.17 bits per heavy atom. The molecule has 0 radical (unpaired) electrons. The summed E-state index contributed by atoms with van der Waals surface area (Å²) in [4.78, 5) is 18.5. The lowest BCUT2D eigenvalue weighted by molar-refractivity contribution is -0.142. The number of anilines is 1. The van der Waals surface area contributed by atoms with Crippen molar-refractivity contribution in [3.05, 3.63) is 93.0 Å². The van der Waals surface area contributed by atoms with Gasteiger partial charge in [0.25, 0.3) is 5.92 Å². The summed E-state index contributed by atoms with van der Waals surface area (Å²) in [5.74, 6) is -1.86. The molecule has 0 fully saturated rings. The highest BCUT2D eigenvalue weighted by Gasteiger charge is 2.50. The topological polar surface area (TPSA) is 124 Å². The zero-order valence-electron chi connectivity index (χ0n) is 34.1. The Bertz CT molecular complexity index is 2650. The molecule has 0 aliphatic heterocycles. The van der Waals surface area contributed by atoms with Gasteiger partial charge in [-0.1, -0.05) is 37.4 Å². The number of amides is 1. The van der Waals surface area contributed by atoms with Gasteiger partial charge in [-0.15, -0.1) is 0 Å². The molecule has 1 amide bonds. The number of fused-ring (bicyclic) bond motifs is 2. The summed E-state index contributed by atoms with van der Waals surface area (Å²) in [5.41, 5.74) is -4.37. The van der Waals surface area contributed by atoms with Crippen LogP contribution in [-0.2, 0) is 64.6 Å². The number of rotatable bonds is 11. The fraction of sp³-hybridized carbons (Fsp3) is 0.400. The standard InChI is InChI=1S/C38H32ClF10N7O3S2.C2H6/c1-35(2,60(3)58)11-9-22-5-6-23(24-7-8-26(39)29-31(24)56(18-37(44,45)46)53-34(29)54-61(4)59)30(50-22)27(15-19-13-20(40)16-21(41)14-19)51-28(57)17-55-33-25(10-12-36(33,42)43)32(52-55)38(47,48)49;1-2/h5-8,13-14,16,27H,10,12,15,17-18H2,1-4H3,(H,51,57)(H,53,54);1-2H3. The molecule has 0 saturated heterocycles. The van der Waals surface area contributed by atoms with Gasteiger partial charge in [-0.2, -0.15) is 45.3 Å². The second kappa shape index (κ2) is 18.6. The summed E-state index contributed by atoms with van der Waals surface area (Å²) in [7, 11) is -3.37. The van der Waals surface area contributed by atoms with Gasteiger partial charge in [0, 0.05) is 52.5 Å². The van der Waals surface area contributed by atoms with Crippen LogP contribution < -0.4 is 10.0 Å². The third kappa shape index (κ3) is 11.2. The van der Waals surface area contributed by atoms with E-state index in [1.165, 1.54) is 36.8 Å². The number of pyridine rings is 1. The largest absolute Gasteiger partial charge is 0.435 e. The Morgan fingerprint density at radius 1 is 0.952 bits per heavy atom. The molecule has 1 aliphatic rings. The van der Waals surface area contributed by atoms with Gasteiger partial charge in [-0.05, 0) is 68.5 Å². The summed E-state index contributed by atoms with van der Waals surface area (Å²) in [6.07, 6.45) is -9.65. The second-order valence-electron chi connectivity index (χ2n) is 14.5. The molecule has 5 aromatic rings. The molecule has 10 nitrogen and oxygen atoms in total. The summed E-state index contributed by atoms with van der Waals surface area (Å²) in [5, 5.41) is 9.57. The monoisotopic (exact) mass is 953 g/mol. The number of aromatic nitrogens is 5. The minimum Gasteiger partial charge on any atom is -0.346 e. The number of nitrogens with one attached hydrogen (secondary N) is 2. The van der Waals surface area contributed by atoms with Crippen molar-refractivity contribution in [1.29, 1.82) is 0 Å². The number of benzene rings is 2. The minimum absolute atomic E-state index is 0.0638. The highest BCUT2D eigenvalue weighted by molar-refractivity contribution is 7.86. The zero-order valence-corrected chi connectivity index (χ0v) is 36.5. The Balaban J connectivity index is 0.00000369. The Hall–Kier alpha value is -5.01. The second-order valence-corrected chi connectivity index (χ2v) is 17.9. The molecule has 3 unspecified atom stereocenters. The number of carbonyl (C=O) groups is 1. The van der Waals surface area contributed by atoms with Crippen molar-refractivity contribution in [2.24, 2.45) is 0 Å². The van der Waals surface area contributed by atoms with Crippen LogP contribution in [0.15, 0.2) is 42.5 Å². The maximum absolute atomic E-state index is 15.0. The summed E-state index contributed by atoms with van der Waals surface area (Å²) in [6, 6.07) is 5.99. The predicted octanol–water partition coefficient (Wildman–Crippen LogP) is 9.19. The summed E-state index contributed by atoms with van der Waals surface area (Å²) >= 11 is 6.51. The summed E-state index contributed by atoms with van der Waals surface area (Å²) < 4.78 is 170. The van der Waals surface area contributed by atoms with Crippen molar-refractivity contribution in [2.75, 3.05) is 17.2 Å². The first kappa shape index (κ1) is 49.0. The van der Waals surface area contributed by atoms with Gasteiger partial charge >= 0.3 is 12.4 Å². The molecule has 23 heteroatoms. The van der Waals surface area contributed by atoms with Gasteiger partial charge in [0.05, 0.1) is 27.7 Å². The van der Waals surface area contributed by atoms with E-state index < -0.39 is 118 Å². The maximum atomic E-state index is 15.0. The third-order valence-corrected chi connectivity index (χ3v) is 11.8. The first-order valence-corrected chi connectivity index (χ1v) is 22.3. The Labute approximate surface area is 364 Å². The first-order chi connectivity index (χ1) is 29.2. The van der Waals surface area contributed by atoms with Crippen molar-refractivity contribution in [3.63, 3.8) is 0 Å². The van der Waals surface area contributed by atoms with Crippen LogP contribution in [0, 0.1) is 23.5 Å². The van der Waals surface area contributed by atoms with E-state index in [1.54, 1.807) is 13.8 Å². The van der Waals surface area contributed by atoms with Crippen LogP contribution in [0.1, 0.15) is 74.1 Å². The average molecular weight is 954 g/mol. The SMILES string of the molecule is CC.CS(=O)Nc1nn(CC(F)(F)F)c2c(-c3ccc(C#CC(C)(C)S(C)=O)nc3C(Cc3cc(F)cc(F)c3)NC(=O)Cn3nc(C(F)(F)F)c4c3C(F)(F)CC4)ccc(Cl)c12. The van der Waals surface area contributed by atoms with Gasteiger partial charge in [0.1, 0.15) is 51.8 Å². The van der Waals surface area contributed by atoms with Crippen molar-refractivity contribution >= 4 is 56.0 Å². The quantitative estimate of drug-likeness (QED) is 0.101. The van der Waals surface area contributed by atoms with E-state index in [1.807, 2.05) is 13.8 Å². The molecule has 3 heterocycles. The Morgan fingerprint density at radius 2 is 1.59 bits per heavy atom. The van der Waals surface area contributed by atoms with Crippen LogP contribution in [-0.4, -0.2) is 62.3 Å². The van der Waals surface area contributed by atoms with E-state index in [0.29, 0.717) is 10.7 Å². The number of hydrogen-bond acceptors (Lipinski definition) is 6. The van der Waals surface area contributed by atoms with E-state index in [2.05, 4.69) is 37.1 Å². The molecule has 6 rings (SSSR count). The van der Waals surface area contributed by atoms with Crippen molar-refractivity contribution in [2.45, 2.75) is 89.1 Å². The van der Waals surface area contributed by atoms with Crippen molar-refractivity contribution in [3.8, 4) is 23.0 Å². The molecule has 340 valence electrons. The van der Waals surface area contributed by atoms with Crippen LogP contribution in [0.5, 0.6) is 0 Å². The smallest absolute Gasteiger partial charge is 0.346 e. The molecular weight excluding hydrogens is 916 g/mol. The van der Waals surface area contributed by atoms with Crippen LogP contribution in [0.2, 0.25) is 5.02 Å². The predicted molar refractivity (Wildman–Crippen MR) is 218 cm³/mol. The molecule has 0 saturated carbocycles. The lowest BCUT2D eigenvalue weighted by atomic mass is 9.93. The van der Waals surface area contributed by atoms with Crippen molar-refractivity contribution < 1.29 is 57.1 Å². The fourth-order valence-corrected chi connectivity index (χ4v) is 7.61. The lowest BCUT2D eigenvalue weighted by Crippen LogP contribution is -2.35. The van der Waals surface area contributed by atoms with E-state index in [-0.39, 0.29) is 54.5 Å². The van der Waals surface area contributed by atoms with Gasteiger partial charge in [0.2, 0.25) is 5.91 Å². The van der Waals surface area contributed by atoms with Crippen LogP contribution >= 0.6 is 11.6 Å². The van der Waals surface area contributed by atoms with Crippen LogP contribution in [0.3, 0.4) is 0 Å². The number of halogens is 11. The molecule has 63 heavy (non-hydrogen) atoms. The van der Waals surface area contributed by atoms with E-state index in [4.69, 9.17) is 11.6 Å². The Kier molecular flexibility index (Phi) is 14.5. The van der Waals surface area contributed by atoms with Crippen LogP contribution in [0.4, 0.5) is 49.7 Å². The number of hydrogen-bond donors (Lipinski definition) is 2. The first-order valence-electron chi connectivity index (χ1n) is 18.8. The highest BCUT2D eigenvalue weighted by atomic mass is 35.5. The third-order valence-electron chi connectivity index (χ3n) is 9.51. The van der Waals surface area contributed by atoms with E-state index in [9.17, 15) is 48.3 Å². The molecule has 0 spiro atoms. The highest BCUT2D eigenvalue weighted by Crippen LogP contribution is 2.47. The van der Waals surface area contributed by atoms with Gasteiger partial charge in [0.15, 0.2) is 11.5 Å². The molecule has 2 aromatic carbocycles. The fourth-order valence-electron chi connectivity index (χ4n) is 6.76. The number of alkyl halides is 8. The molecule has 3 aromatic heterocycles. The van der Waals surface area contributed by atoms with Crippen molar-refractivity contribution in [1.82, 2.24) is 29.9 Å². The van der Waals surface area contributed by atoms with E-state index >= 15 is 8.78 Å². The van der Waals surface area contributed by atoms with Gasteiger partial charge < -0.3 is 5.32 Å². The van der Waals surface area contributed by atoms with Gasteiger partial charge in [-0.25, -0.2) is 18.0 Å². The molecule has 3 atom stereocenters. The number of carbonyl (C=O) groups excluding carboxylic acids is 1. The van der Waals surface area contributed by atoms with Crippen LogP contribution in [0.25, 0.3) is 22.0 Å². The summed E-state index contributed by atoms with van der Waals surface area (Å²) in [6.45, 7) is 4.23. The maximum Gasteiger partial charge on any atom is 0.435 e. The number of nitrogens with zero attached hydrogens (tertiary/aromatic N) is 5. The molecule has 0 bridgehead atoms.